The van der Waals surface area contributed by atoms with Crippen molar-refractivity contribution in [1.82, 2.24) is 39.8 Å². The smallest absolute Gasteiger partial charge is 0.410 e. The van der Waals surface area contributed by atoms with Crippen molar-refractivity contribution in [2.75, 3.05) is 37.3 Å². The SMILES string of the molecule is CC(C)C(CC(=O)CCCCCN1C(=O)C=CC1=O)C(=O)N[C@@H](CCCCC(N)=O)C(=O)Cc1ccc(COC(=O)N(CCOC23CC4(C)CC(C)(CC(Cn5cc(-c6ccc(-c7cc8cccc(C(=O)Nc9nc%10ccccc%10s9)c8[nH]7)nc6C(=O)O)cn5)(C4)C2)C3)CCS(=O)(=O)O)cc1. The van der Waals surface area contributed by atoms with Crippen LogP contribution >= 0.6 is 11.3 Å². The molecule has 7 N–H and O–H groups in total. The lowest BCUT2D eigenvalue weighted by Gasteiger charge is -2.69. The number of primary amides is 1. The summed E-state index contributed by atoms with van der Waals surface area (Å²) in [5.74, 6) is -5.36. The Morgan fingerprint density at radius 2 is 1.54 bits per heavy atom. The van der Waals surface area contributed by atoms with Gasteiger partial charge in [0, 0.05) is 92.6 Å². The van der Waals surface area contributed by atoms with Gasteiger partial charge in [0.2, 0.25) is 11.8 Å². The predicted octanol–water partition coefficient (Wildman–Crippen LogP) is 10.7. The summed E-state index contributed by atoms with van der Waals surface area (Å²) in [6, 6.07) is 24.1. The molecule has 27 heteroatoms. The maximum absolute atomic E-state index is 14.0. The number of fused-ring (bicyclic) bond motifs is 2. The number of unbranched alkanes of at least 4 members (excludes halogenated alkanes) is 3. The maximum Gasteiger partial charge on any atom is 0.410 e. The zero-order chi connectivity index (χ0) is 72.0. The average Bonchev–Trinajstić information content (AvgIpc) is 1.38. The van der Waals surface area contributed by atoms with Gasteiger partial charge in [-0.2, -0.15) is 13.5 Å². The molecule has 4 atom stereocenters. The van der Waals surface area contributed by atoms with Crippen molar-refractivity contribution in [3.8, 4) is 22.5 Å². The van der Waals surface area contributed by atoms with Gasteiger partial charge in [0.25, 0.3) is 27.8 Å². The molecule has 4 saturated carbocycles. The molecule has 5 aliphatic rings. The number of aromatic carboxylic acids is 1. The molecule has 5 heterocycles. The van der Waals surface area contributed by atoms with Gasteiger partial charge in [-0.15, -0.1) is 0 Å². The van der Waals surface area contributed by atoms with Crippen LogP contribution in [0.3, 0.4) is 0 Å². The number of amides is 6. The maximum atomic E-state index is 14.0. The van der Waals surface area contributed by atoms with Crippen LogP contribution in [0.1, 0.15) is 156 Å². The molecular weight excluding hydrogens is 1330 g/mol. The van der Waals surface area contributed by atoms with Gasteiger partial charge in [0.1, 0.15) is 12.4 Å². The lowest BCUT2D eigenvalue weighted by atomic mass is 9.39. The van der Waals surface area contributed by atoms with E-state index in [1.807, 2.05) is 61.1 Å². The minimum atomic E-state index is -4.50. The molecule has 0 spiro atoms. The van der Waals surface area contributed by atoms with Crippen molar-refractivity contribution in [3.63, 3.8) is 0 Å². The van der Waals surface area contributed by atoms with Crippen LogP contribution < -0.4 is 16.4 Å². The van der Waals surface area contributed by atoms with Crippen LogP contribution in [0, 0.1) is 28.1 Å². The van der Waals surface area contributed by atoms with Crippen LogP contribution in [-0.4, -0.2) is 149 Å². The number of pyridine rings is 1. The topological polar surface area (TPSA) is 363 Å². The average molecular weight is 1420 g/mol. The van der Waals surface area contributed by atoms with Crippen molar-refractivity contribution in [3.05, 3.63) is 132 Å². The Morgan fingerprint density at radius 3 is 2.25 bits per heavy atom. The number of ketones is 2. The number of carbonyl (C=O) groups is 9. The number of rotatable bonds is 35. The molecule has 0 saturated heterocycles. The second-order valence-electron chi connectivity index (χ2n) is 29.1. The monoisotopic (exact) mass is 1420 g/mol. The number of hydrogen-bond donors (Lipinski definition) is 6. The first-order valence-electron chi connectivity index (χ1n) is 34.4. The van der Waals surface area contributed by atoms with Crippen LogP contribution in [0.5, 0.6) is 0 Å². The highest BCUT2D eigenvalue weighted by Gasteiger charge is 2.66. The molecule has 4 bridgehead atoms. The number of carbonyl (C=O) groups excluding carboxylic acids is 8. The molecule has 6 amide bonds. The first-order valence-corrected chi connectivity index (χ1v) is 36.8. The normalized spacial score (nSPS) is 20.6. The number of H-pyrrole nitrogens is 1. The number of benzene rings is 3. The highest BCUT2D eigenvalue weighted by atomic mass is 32.2. The second-order valence-corrected chi connectivity index (χ2v) is 31.7. The molecule has 1 aliphatic heterocycles. The molecule has 3 aromatic carbocycles. The fraction of sp³-hybridized carbons (Fsp3) is 0.459. The molecular formula is C74H86N10O15S2. The molecule has 4 aromatic heterocycles. The number of nitrogens with zero attached hydrogens (tertiary/aromatic N) is 6. The van der Waals surface area contributed by atoms with Crippen LogP contribution in [0.15, 0.2) is 109 Å². The Balaban J connectivity index is 0.695. The van der Waals surface area contributed by atoms with E-state index in [1.165, 1.54) is 28.4 Å². The van der Waals surface area contributed by atoms with Gasteiger partial charge in [-0.25, -0.2) is 19.6 Å². The van der Waals surface area contributed by atoms with E-state index in [9.17, 15) is 61.2 Å². The first kappa shape index (κ1) is 72.9. The van der Waals surface area contributed by atoms with E-state index >= 15 is 0 Å². The number of aromatic amines is 1. The van der Waals surface area contributed by atoms with Gasteiger partial charge < -0.3 is 35.5 Å². The number of imide groups is 1. The summed E-state index contributed by atoms with van der Waals surface area (Å²) < 4.78 is 49.5. The fourth-order valence-electron chi connectivity index (χ4n) is 16.5. The Bertz CT molecular complexity index is 4410. The van der Waals surface area contributed by atoms with Crippen molar-refractivity contribution in [1.29, 1.82) is 0 Å². The summed E-state index contributed by atoms with van der Waals surface area (Å²) in [6.45, 7) is 8.39. The summed E-state index contributed by atoms with van der Waals surface area (Å²) in [4.78, 5) is 132. The van der Waals surface area contributed by atoms with E-state index in [1.54, 1.807) is 54.7 Å². The summed E-state index contributed by atoms with van der Waals surface area (Å²) in [5, 5.41) is 22.4. The van der Waals surface area contributed by atoms with Crippen molar-refractivity contribution in [2.24, 2.45) is 33.8 Å². The van der Waals surface area contributed by atoms with E-state index in [-0.39, 0.29) is 122 Å². The van der Waals surface area contributed by atoms with Gasteiger partial charge in [-0.3, -0.25) is 53.0 Å². The minimum Gasteiger partial charge on any atom is -0.476 e. The van der Waals surface area contributed by atoms with Crippen molar-refractivity contribution in [2.45, 2.75) is 155 Å². The van der Waals surface area contributed by atoms with Crippen LogP contribution in [0.4, 0.5) is 9.93 Å². The number of thiazole rings is 1. The molecule has 0 radical (unpaired) electrons. The molecule has 12 rings (SSSR count). The third-order valence-corrected chi connectivity index (χ3v) is 21.6. The number of nitrogens with two attached hydrogens (primary N) is 1. The second kappa shape index (κ2) is 30.5. The van der Waals surface area contributed by atoms with E-state index in [0.29, 0.717) is 94.9 Å². The van der Waals surface area contributed by atoms with E-state index in [0.717, 1.165) is 52.6 Å². The molecule has 7 aromatic rings. The molecule has 25 nitrogen and oxygen atoms in total. The number of aromatic nitrogens is 5. The highest BCUT2D eigenvalue weighted by molar-refractivity contribution is 7.85. The number of carboxylic acid groups (broad SMARTS) is 1. The third-order valence-electron chi connectivity index (χ3n) is 20.0. The fourth-order valence-corrected chi connectivity index (χ4v) is 17.8. The van der Waals surface area contributed by atoms with Crippen LogP contribution in [-0.2, 0) is 67.9 Å². The van der Waals surface area contributed by atoms with E-state index < -0.39 is 57.3 Å². The van der Waals surface area contributed by atoms with Gasteiger partial charge in [-0.1, -0.05) is 100 Å². The zero-order valence-electron chi connectivity index (χ0n) is 57.2. The van der Waals surface area contributed by atoms with Crippen LogP contribution in [0.25, 0.3) is 43.6 Å². The molecule has 3 unspecified atom stereocenters. The predicted molar refractivity (Wildman–Crippen MR) is 378 cm³/mol. The minimum absolute atomic E-state index is 0.0359. The lowest BCUT2D eigenvalue weighted by Crippen LogP contribution is -2.64. The quantitative estimate of drug-likeness (QED) is 0.0122. The number of nitrogens with one attached hydrogen (secondary N) is 3. The highest BCUT2D eigenvalue weighted by Crippen LogP contribution is 2.72. The Labute approximate surface area is 589 Å². The molecule has 4 aliphatic carbocycles. The van der Waals surface area contributed by atoms with Gasteiger partial charge >= 0.3 is 12.1 Å². The Kier molecular flexibility index (Phi) is 22.0. The Hall–Kier alpha value is -9.31. The first-order chi connectivity index (χ1) is 48.0. The molecule has 101 heavy (non-hydrogen) atoms. The van der Waals surface area contributed by atoms with Crippen molar-refractivity contribution >= 4 is 101 Å². The largest absolute Gasteiger partial charge is 0.476 e. The number of anilines is 1. The third kappa shape index (κ3) is 18.1. The number of carboxylic acids is 1. The molecule has 534 valence electrons. The van der Waals surface area contributed by atoms with E-state index in [4.69, 9.17) is 20.3 Å². The zero-order valence-corrected chi connectivity index (χ0v) is 58.8. The standard InChI is InChI=1S/C74H86N10O15S2/c1-46(2)54(35-51(85)14-6-5-11-28-84-62(88)26-27-63(84)89)67(91)79-56(16-8-10-19-61(75)87)59(86)33-47-20-22-48(23-21-47)38-98-70(94)82(30-32-101(95,96)97)29-31-99-74-42-71(3)39-72(4,43-74)41-73(40-71,44-74)45-83-37-50(36-76-83)52-24-25-55(77-65(52)68(92)93)58-34-49-13-12-15-53(64(49)78-58)66(90)81-69-80-57-17-7-9-18-60(57)100-69/h7,9,12-13,15,17-18,20-27,34,36-37,46,54,56,78H,5-6,8,10-11,14,16,19,28-33,35,38-45H2,1-4H3,(H2,75,87)(H,79,91)(H,92,93)(H,80,81,90)(H,95,96,97)/t54?,56-,71?,72?,73?,74?/m0/s1. The summed E-state index contributed by atoms with van der Waals surface area (Å²) in [5.41, 5.74) is 8.81. The summed E-state index contributed by atoms with van der Waals surface area (Å²) in [7, 11) is -4.50. The van der Waals surface area contributed by atoms with Crippen LogP contribution in [0.2, 0.25) is 0 Å². The summed E-state index contributed by atoms with van der Waals surface area (Å²) in [6.07, 6.45) is 13.0. The number of ether oxygens (including phenoxy) is 2. The lowest BCUT2D eigenvalue weighted by molar-refractivity contribution is -0.248. The van der Waals surface area contributed by atoms with Gasteiger partial charge in [0.15, 0.2) is 16.6 Å². The van der Waals surface area contributed by atoms with Crippen molar-refractivity contribution < 1.29 is 70.7 Å². The van der Waals surface area contributed by atoms with E-state index in [2.05, 4.69) is 39.4 Å². The molecule has 4 fully saturated rings. The number of hydrogen-bond acceptors (Lipinski definition) is 17. The summed E-state index contributed by atoms with van der Waals surface area (Å²) >= 11 is 1.37. The number of Topliss-reactive ketones (excluding diaryl/α,β-unsaturated/α-hetero) is 2. The Morgan fingerprint density at radius 1 is 0.822 bits per heavy atom. The van der Waals surface area contributed by atoms with Gasteiger partial charge in [-0.05, 0) is 134 Å². The number of para-hydroxylation sites is 2. The van der Waals surface area contributed by atoms with Gasteiger partial charge in [0.05, 0.1) is 62.9 Å².